The first-order chi connectivity index (χ1) is 8.60. The molecule has 1 aromatic rings. The lowest BCUT2D eigenvalue weighted by molar-refractivity contribution is -0.115. The fourth-order valence-corrected chi connectivity index (χ4v) is 2.23. The van der Waals surface area contributed by atoms with Crippen LogP contribution >= 0.6 is 0 Å². The van der Waals surface area contributed by atoms with E-state index in [0.717, 1.165) is 18.8 Å². The van der Waals surface area contributed by atoms with Crippen molar-refractivity contribution in [3.05, 3.63) is 29.3 Å². The molecule has 0 spiro atoms. The number of carbonyl (C=O) groups excluding carboxylic acids is 1. The summed E-state index contributed by atoms with van der Waals surface area (Å²) in [5.74, 6) is -0.00355. The number of amides is 1. The number of likely N-dealkylation sites (N-methyl/N-ethyl adjacent to an activating group) is 1. The van der Waals surface area contributed by atoms with Gasteiger partial charge in [-0.2, -0.15) is 0 Å². The zero-order chi connectivity index (χ0) is 13.1. The number of rotatable bonds is 4. The molecule has 0 fully saturated rings. The molecule has 0 saturated heterocycles. The molecule has 1 aromatic carbocycles. The highest BCUT2D eigenvalue weighted by Gasteiger charge is 2.21. The highest BCUT2D eigenvalue weighted by atomic mass is 16.1. The summed E-state index contributed by atoms with van der Waals surface area (Å²) >= 11 is 0. The summed E-state index contributed by atoms with van der Waals surface area (Å²) in [6.45, 7) is 6.75. The first kappa shape index (κ1) is 13.1. The van der Waals surface area contributed by atoms with Gasteiger partial charge in [0, 0.05) is 24.8 Å². The van der Waals surface area contributed by atoms with Crippen LogP contribution in [0.15, 0.2) is 18.2 Å². The van der Waals surface area contributed by atoms with E-state index in [-0.39, 0.29) is 5.91 Å². The van der Waals surface area contributed by atoms with E-state index in [1.807, 2.05) is 6.07 Å². The lowest BCUT2D eigenvalue weighted by Gasteiger charge is -2.18. The second kappa shape index (κ2) is 5.50. The van der Waals surface area contributed by atoms with Gasteiger partial charge in [-0.1, -0.05) is 6.07 Å². The second-order valence-corrected chi connectivity index (χ2v) is 5.06. The third kappa shape index (κ3) is 2.89. The molecule has 0 saturated carbocycles. The van der Waals surface area contributed by atoms with E-state index in [0.29, 0.717) is 12.6 Å². The highest BCUT2D eigenvalue weighted by molar-refractivity contribution is 5.92. The summed E-state index contributed by atoms with van der Waals surface area (Å²) in [5, 5.41) is 5.74. The lowest BCUT2D eigenvalue weighted by atomic mass is 10.1. The molecule has 2 N–H and O–H groups in total. The van der Waals surface area contributed by atoms with Crippen LogP contribution in [0.5, 0.6) is 0 Å². The first-order valence-electron chi connectivity index (χ1n) is 6.40. The minimum absolute atomic E-state index is 0.00355. The zero-order valence-electron chi connectivity index (χ0n) is 11.3. The van der Waals surface area contributed by atoms with Gasteiger partial charge in [0.2, 0.25) is 5.91 Å². The third-order valence-corrected chi connectivity index (χ3v) is 3.30. The van der Waals surface area contributed by atoms with Crippen molar-refractivity contribution < 1.29 is 4.79 Å². The molecule has 1 amide bonds. The van der Waals surface area contributed by atoms with Crippen LogP contribution in [0.4, 0.5) is 5.69 Å². The van der Waals surface area contributed by atoms with E-state index in [1.54, 1.807) is 7.05 Å². The quantitative estimate of drug-likeness (QED) is 0.849. The highest BCUT2D eigenvalue weighted by Crippen LogP contribution is 2.26. The maximum atomic E-state index is 11.5. The molecule has 0 unspecified atom stereocenters. The van der Waals surface area contributed by atoms with Crippen LogP contribution in [0.25, 0.3) is 0 Å². The van der Waals surface area contributed by atoms with Crippen LogP contribution in [-0.2, 0) is 17.9 Å². The summed E-state index contributed by atoms with van der Waals surface area (Å²) in [6, 6.07) is 6.74. The van der Waals surface area contributed by atoms with Crippen LogP contribution in [-0.4, -0.2) is 30.4 Å². The maximum Gasteiger partial charge on any atom is 0.238 e. The SMILES string of the molecule is CNCC(=O)Nc1ccc2c(c1)CN(C(C)C)C2. The Labute approximate surface area is 108 Å². The summed E-state index contributed by atoms with van der Waals surface area (Å²) in [5.41, 5.74) is 3.58. The Bertz CT molecular complexity index is 443. The average molecular weight is 247 g/mol. The minimum atomic E-state index is -0.00355. The number of hydrogen-bond donors (Lipinski definition) is 2. The van der Waals surface area contributed by atoms with Gasteiger partial charge in [0.1, 0.15) is 0 Å². The van der Waals surface area contributed by atoms with E-state index in [9.17, 15) is 4.79 Å². The lowest BCUT2D eigenvalue weighted by Crippen LogP contribution is -2.25. The van der Waals surface area contributed by atoms with Crippen molar-refractivity contribution in [2.24, 2.45) is 0 Å². The van der Waals surface area contributed by atoms with Gasteiger partial charge in [0.25, 0.3) is 0 Å². The third-order valence-electron chi connectivity index (χ3n) is 3.30. The summed E-state index contributed by atoms with van der Waals surface area (Å²) in [4.78, 5) is 13.9. The number of nitrogens with zero attached hydrogens (tertiary/aromatic N) is 1. The van der Waals surface area contributed by atoms with Crippen LogP contribution in [0, 0.1) is 0 Å². The molecule has 1 aliphatic rings. The van der Waals surface area contributed by atoms with Crippen molar-refractivity contribution >= 4 is 11.6 Å². The van der Waals surface area contributed by atoms with E-state index >= 15 is 0 Å². The van der Waals surface area contributed by atoms with Gasteiger partial charge in [-0.3, -0.25) is 9.69 Å². The Morgan fingerprint density at radius 1 is 1.33 bits per heavy atom. The van der Waals surface area contributed by atoms with E-state index in [2.05, 4.69) is 41.5 Å². The predicted molar refractivity (Wildman–Crippen MR) is 73.4 cm³/mol. The van der Waals surface area contributed by atoms with Crippen molar-refractivity contribution in [1.82, 2.24) is 10.2 Å². The molecule has 98 valence electrons. The van der Waals surface area contributed by atoms with Gasteiger partial charge < -0.3 is 10.6 Å². The van der Waals surface area contributed by atoms with Crippen LogP contribution in [0.1, 0.15) is 25.0 Å². The van der Waals surface area contributed by atoms with Crippen LogP contribution < -0.4 is 10.6 Å². The Morgan fingerprint density at radius 3 is 2.72 bits per heavy atom. The Balaban J connectivity index is 2.06. The van der Waals surface area contributed by atoms with E-state index in [4.69, 9.17) is 0 Å². The molecule has 0 atom stereocenters. The molecule has 0 bridgehead atoms. The van der Waals surface area contributed by atoms with Crippen LogP contribution in [0.2, 0.25) is 0 Å². The van der Waals surface area contributed by atoms with Crippen LogP contribution in [0.3, 0.4) is 0 Å². The number of nitrogens with one attached hydrogen (secondary N) is 2. The van der Waals surface area contributed by atoms with E-state index in [1.165, 1.54) is 11.1 Å². The van der Waals surface area contributed by atoms with Gasteiger partial charge in [-0.15, -0.1) is 0 Å². The second-order valence-electron chi connectivity index (χ2n) is 5.06. The van der Waals surface area contributed by atoms with Gasteiger partial charge in [-0.05, 0) is 44.2 Å². The summed E-state index contributed by atoms with van der Waals surface area (Å²) < 4.78 is 0. The number of fused-ring (bicyclic) bond motifs is 1. The van der Waals surface area contributed by atoms with Gasteiger partial charge >= 0.3 is 0 Å². The largest absolute Gasteiger partial charge is 0.325 e. The van der Waals surface area contributed by atoms with Gasteiger partial charge in [0.05, 0.1) is 6.54 Å². The van der Waals surface area contributed by atoms with Crippen molar-refractivity contribution in [1.29, 1.82) is 0 Å². The molecule has 0 aliphatic carbocycles. The smallest absolute Gasteiger partial charge is 0.238 e. The van der Waals surface area contributed by atoms with Gasteiger partial charge in [-0.25, -0.2) is 0 Å². The predicted octanol–water partition coefficient (Wildman–Crippen LogP) is 1.57. The number of anilines is 1. The van der Waals surface area contributed by atoms with Crippen molar-refractivity contribution in [2.45, 2.75) is 33.0 Å². The fourth-order valence-electron chi connectivity index (χ4n) is 2.23. The molecule has 1 heterocycles. The van der Waals surface area contributed by atoms with Gasteiger partial charge in [0.15, 0.2) is 0 Å². The molecule has 4 heteroatoms. The monoisotopic (exact) mass is 247 g/mol. The molecule has 0 aromatic heterocycles. The number of benzene rings is 1. The molecule has 4 nitrogen and oxygen atoms in total. The first-order valence-corrected chi connectivity index (χ1v) is 6.40. The van der Waals surface area contributed by atoms with Crippen molar-refractivity contribution in [3.63, 3.8) is 0 Å². The molecule has 18 heavy (non-hydrogen) atoms. The average Bonchev–Trinajstić information content (AvgIpc) is 2.72. The normalized spacial score (nSPS) is 14.9. The zero-order valence-corrected chi connectivity index (χ0v) is 11.3. The standard InChI is InChI=1S/C14H21N3O/c1-10(2)17-8-11-4-5-13(6-12(11)9-17)16-14(18)7-15-3/h4-6,10,15H,7-9H2,1-3H3,(H,16,18). The Morgan fingerprint density at radius 2 is 2.06 bits per heavy atom. The van der Waals surface area contributed by atoms with Crippen molar-refractivity contribution in [2.75, 3.05) is 18.9 Å². The minimum Gasteiger partial charge on any atom is -0.325 e. The molecular formula is C14H21N3O. The topological polar surface area (TPSA) is 44.4 Å². The summed E-state index contributed by atoms with van der Waals surface area (Å²) in [6.07, 6.45) is 0. The summed E-state index contributed by atoms with van der Waals surface area (Å²) in [7, 11) is 1.77. The Kier molecular flexibility index (Phi) is 3.99. The molecule has 1 aliphatic heterocycles. The fraction of sp³-hybridized carbons (Fsp3) is 0.500. The number of hydrogen-bond acceptors (Lipinski definition) is 3. The van der Waals surface area contributed by atoms with Crippen molar-refractivity contribution in [3.8, 4) is 0 Å². The molecular weight excluding hydrogens is 226 g/mol. The molecule has 0 radical (unpaired) electrons. The van der Waals surface area contributed by atoms with E-state index < -0.39 is 0 Å². The Hall–Kier alpha value is -1.39. The maximum absolute atomic E-state index is 11.5. The molecule has 2 rings (SSSR count). The number of carbonyl (C=O) groups is 1.